The number of aliphatic hydroxyl groups excluding tert-OH is 1. The Morgan fingerprint density at radius 2 is 1.94 bits per heavy atom. The maximum atomic E-state index is 14.5. The van der Waals surface area contributed by atoms with E-state index in [1.165, 1.54) is 6.92 Å². The van der Waals surface area contributed by atoms with Gasteiger partial charge in [0, 0.05) is 18.7 Å². The number of halogens is 7. The summed E-state index contributed by atoms with van der Waals surface area (Å²) in [4.78, 5) is 21.0. The van der Waals surface area contributed by atoms with E-state index in [0.717, 1.165) is 17.3 Å². The molecule has 0 bridgehead atoms. The lowest BCUT2D eigenvalue weighted by Gasteiger charge is -2.46. The van der Waals surface area contributed by atoms with E-state index in [2.05, 4.69) is 24.8 Å². The molecule has 0 saturated carbocycles. The van der Waals surface area contributed by atoms with Crippen molar-refractivity contribution >= 4 is 22.6 Å². The molecule has 1 fully saturated rings. The molecular weight excluding hydrogens is 457 g/mol. The van der Waals surface area contributed by atoms with E-state index in [0.29, 0.717) is 6.07 Å². The summed E-state index contributed by atoms with van der Waals surface area (Å²) in [6.07, 6.45) is -10.4. The molecule has 15 heteroatoms. The number of likely N-dealkylation sites (tertiary alicyclic amines) is 1. The molecule has 32 heavy (non-hydrogen) atoms. The van der Waals surface area contributed by atoms with Gasteiger partial charge in [-0.1, -0.05) is 0 Å². The summed E-state index contributed by atoms with van der Waals surface area (Å²) < 4.78 is 96.3. The Balaban J connectivity index is 1.79. The molecular formula is C17H15F7N4O4. The number of carbonyl (C=O) groups excluding carboxylic acids is 1. The van der Waals surface area contributed by atoms with Gasteiger partial charge in [-0.3, -0.25) is 9.53 Å². The number of hydrogen-bond acceptors (Lipinski definition) is 7. The first-order valence-electron chi connectivity index (χ1n) is 8.91. The van der Waals surface area contributed by atoms with E-state index < -0.39 is 61.5 Å². The Hall–Kier alpha value is -2.94. The fourth-order valence-corrected chi connectivity index (χ4v) is 3.14. The Morgan fingerprint density at radius 3 is 2.50 bits per heavy atom. The fourth-order valence-electron chi connectivity index (χ4n) is 3.14. The summed E-state index contributed by atoms with van der Waals surface area (Å²) in [6, 6.07) is -1.16. The van der Waals surface area contributed by atoms with Crippen LogP contribution in [-0.2, 0) is 9.53 Å². The zero-order valence-corrected chi connectivity index (χ0v) is 16.0. The molecule has 1 aromatic carbocycles. The molecule has 8 nitrogen and oxygen atoms in total. The van der Waals surface area contributed by atoms with Gasteiger partial charge in [0.1, 0.15) is 35.9 Å². The van der Waals surface area contributed by atoms with Gasteiger partial charge in [-0.25, -0.2) is 14.4 Å². The summed E-state index contributed by atoms with van der Waals surface area (Å²) in [7, 11) is 0. The standard InChI is InChI=1S/C17H15F7N4O4/c1-7-12(32-17(22,23)24)4-28(7)15(30)11(5-29)27-14-13-9(18)2-8(31-16(19,20)21)3-10(13)25-6-26-14/h2-3,6-7,11-12,29H,4-5H2,1H3,(H,25,26,27)/t7-,11+,12-/m0/s1. The third-order valence-corrected chi connectivity index (χ3v) is 4.66. The molecule has 0 radical (unpaired) electrons. The van der Waals surface area contributed by atoms with Gasteiger partial charge >= 0.3 is 12.7 Å². The van der Waals surface area contributed by atoms with Gasteiger partial charge < -0.3 is 20.1 Å². The number of ether oxygens (including phenoxy) is 2. The number of nitrogens with one attached hydrogen (secondary N) is 1. The van der Waals surface area contributed by atoms with Crippen LogP contribution in [0.2, 0.25) is 0 Å². The first kappa shape index (κ1) is 23.7. The highest BCUT2D eigenvalue weighted by atomic mass is 19.4. The summed E-state index contributed by atoms with van der Waals surface area (Å²) in [6.45, 7) is 0.0815. The van der Waals surface area contributed by atoms with Crippen LogP contribution in [0.5, 0.6) is 5.75 Å². The highest BCUT2D eigenvalue weighted by Gasteiger charge is 2.47. The minimum Gasteiger partial charge on any atom is -0.406 e. The minimum absolute atomic E-state index is 0.290. The number of fused-ring (bicyclic) bond motifs is 1. The van der Waals surface area contributed by atoms with Gasteiger partial charge in [0.05, 0.1) is 23.6 Å². The topological polar surface area (TPSA) is 96.8 Å². The molecule has 176 valence electrons. The Morgan fingerprint density at radius 1 is 1.25 bits per heavy atom. The zero-order valence-electron chi connectivity index (χ0n) is 16.0. The number of rotatable bonds is 6. The molecule has 3 atom stereocenters. The maximum absolute atomic E-state index is 14.5. The predicted molar refractivity (Wildman–Crippen MR) is 92.8 cm³/mol. The number of alkyl halides is 6. The summed E-state index contributed by atoms with van der Waals surface area (Å²) in [5, 5.41) is 11.6. The number of aromatic nitrogens is 2. The number of anilines is 1. The second-order valence-corrected chi connectivity index (χ2v) is 6.78. The minimum atomic E-state index is -5.07. The lowest BCUT2D eigenvalue weighted by molar-refractivity contribution is -0.359. The van der Waals surface area contributed by atoms with Crippen molar-refractivity contribution < 1.29 is 50.1 Å². The van der Waals surface area contributed by atoms with Crippen LogP contribution in [0.4, 0.5) is 36.6 Å². The summed E-state index contributed by atoms with van der Waals surface area (Å²) >= 11 is 0. The second kappa shape index (κ2) is 8.54. The van der Waals surface area contributed by atoms with Crippen LogP contribution in [0.3, 0.4) is 0 Å². The van der Waals surface area contributed by atoms with Crippen LogP contribution in [0.15, 0.2) is 18.5 Å². The van der Waals surface area contributed by atoms with E-state index in [9.17, 15) is 40.6 Å². The first-order chi connectivity index (χ1) is 14.8. The van der Waals surface area contributed by atoms with Gasteiger partial charge in [-0.05, 0) is 6.92 Å². The Labute approximate surface area is 174 Å². The SMILES string of the molecule is C[C@H]1[C@@H](OC(F)(F)F)CN1C(=O)[C@@H](CO)Nc1ncnc2cc(OC(F)(F)F)cc(F)c12. The normalized spacial score (nSPS) is 20.1. The molecule has 2 heterocycles. The largest absolute Gasteiger partial charge is 0.573 e. The van der Waals surface area contributed by atoms with Crippen molar-refractivity contribution in [3.63, 3.8) is 0 Å². The third-order valence-electron chi connectivity index (χ3n) is 4.66. The number of aliphatic hydroxyl groups is 1. The van der Waals surface area contributed by atoms with Crippen molar-refractivity contribution in [2.45, 2.75) is 37.8 Å². The van der Waals surface area contributed by atoms with E-state index in [-0.39, 0.29) is 16.7 Å². The van der Waals surface area contributed by atoms with Crippen LogP contribution in [0, 0.1) is 5.82 Å². The molecule has 2 N–H and O–H groups in total. The Kier molecular flexibility index (Phi) is 6.33. The monoisotopic (exact) mass is 472 g/mol. The lowest BCUT2D eigenvalue weighted by atomic mass is 9.99. The second-order valence-electron chi connectivity index (χ2n) is 6.78. The van der Waals surface area contributed by atoms with E-state index >= 15 is 0 Å². The maximum Gasteiger partial charge on any atom is 0.573 e. The van der Waals surface area contributed by atoms with Gasteiger partial charge in [0.2, 0.25) is 5.91 Å². The van der Waals surface area contributed by atoms with Gasteiger partial charge in [0.15, 0.2) is 0 Å². The smallest absolute Gasteiger partial charge is 0.406 e. The number of amides is 1. The highest BCUT2D eigenvalue weighted by Crippen LogP contribution is 2.32. The summed E-state index contributed by atoms with van der Waals surface area (Å²) in [5.74, 6) is -3.21. The fraction of sp³-hybridized carbons (Fsp3) is 0.471. The van der Waals surface area contributed by atoms with Crippen molar-refractivity contribution in [3.8, 4) is 5.75 Å². The van der Waals surface area contributed by atoms with Crippen molar-refractivity contribution in [2.24, 2.45) is 0 Å². The average molecular weight is 472 g/mol. The highest BCUT2D eigenvalue weighted by molar-refractivity contribution is 5.93. The van der Waals surface area contributed by atoms with Gasteiger partial charge in [-0.2, -0.15) is 0 Å². The van der Waals surface area contributed by atoms with E-state index in [1.54, 1.807) is 0 Å². The lowest BCUT2D eigenvalue weighted by Crippen LogP contribution is -2.65. The molecule has 1 aliphatic heterocycles. The molecule has 1 amide bonds. The molecule has 1 aromatic heterocycles. The number of hydrogen-bond donors (Lipinski definition) is 2. The summed E-state index contributed by atoms with van der Waals surface area (Å²) in [5.41, 5.74) is -0.290. The van der Waals surface area contributed by atoms with Gasteiger partial charge in [-0.15, -0.1) is 26.3 Å². The molecule has 0 spiro atoms. The predicted octanol–water partition coefficient (Wildman–Crippen LogP) is 2.58. The zero-order chi connectivity index (χ0) is 23.8. The van der Waals surface area contributed by atoms with Crippen molar-refractivity contribution in [1.29, 1.82) is 0 Å². The van der Waals surface area contributed by atoms with Crippen LogP contribution in [0.25, 0.3) is 10.9 Å². The van der Waals surface area contributed by atoms with Crippen molar-refractivity contribution in [3.05, 3.63) is 24.3 Å². The van der Waals surface area contributed by atoms with E-state index in [1.807, 2.05) is 0 Å². The molecule has 0 aliphatic carbocycles. The molecule has 2 aromatic rings. The number of nitrogens with zero attached hydrogens (tertiary/aromatic N) is 3. The third kappa shape index (κ3) is 5.27. The molecule has 1 aliphatic rings. The quantitative estimate of drug-likeness (QED) is 0.624. The van der Waals surface area contributed by atoms with Crippen LogP contribution in [0.1, 0.15) is 6.92 Å². The van der Waals surface area contributed by atoms with E-state index in [4.69, 9.17) is 0 Å². The van der Waals surface area contributed by atoms with Crippen LogP contribution >= 0.6 is 0 Å². The molecule has 3 rings (SSSR count). The first-order valence-corrected chi connectivity index (χ1v) is 8.91. The number of benzene rings is 1. The van der Waals surface area contributed by atoms with Crippen LogP contribution < -0.4 is 10.1 Å². The molecule has 0 unspecified atom stereocenters. The van der Waals surface area contributed by atoms with Gasteiger partial charge in [0.25, 0.3) is 0 Å². The number of carbonyl (C=O) groups is 1. The van der Waals surface area contributed by atoms with Crippen molar-refractivity contribution in [2.75, 3.05) is 18.5 Å². The van der Waals surface area contributed by atoms with Crippen molar-refractivity contribution in [1.82, 2.24) is 14.9 Å². The molecule has 1 saturated heterocycles. The van der Waals surface area contributed by atoms with Crippen LogP contribution in [-0.4, -0.2) is 69.9 Å². The average Bonchev–Trinajstić information content (AvgIpc) is 2.66. The Bertz CT molecular complexity index is 1000.